The number of halogens is 4. The van der Waals surface area contributed by atoms with Crippen LogP contribution in [0.15, 0.2) is 18.6 Å². The molecule has 2 heterocycles. The third-order valence-corrected chi connectivity index (χ3v) is 3.19. The molecule has 2 aromatic heterocycles. The van der Waals surface area contributed by atoms with Crippen LogP contribution in [0.3, 0.4) is 0 Å². The summed E-state index contributed by atoms with van der Waals surface area (Å²) < 4.78 is 38.0. The first-order valence-electron chi connectivity index (χ1n) is 7.16. The third kappa shape index (κ3) is 4.69. The van der Waals surface area contributed by atoms with Gasteiger partial charge in [0.25, 0.3) is 0 Å². The summed E-state index contributed by atoms with van der Waals surface area (Å²) >= 11 is 5.81. The van der Waals surface area contributed by atoms with E-state index in [2.05, 4.69) is 25.6 Å². The molecule has 2 rings (SSSR count). The average molecular weight is 391 g/mol. The zero-order valence-corrected chi connectivity index (χ0v) is 14.6. The van der Waals surface area contributed by atoms with Crippen LogP contribution in [0.5, 0.6) is 0 Å². The average Bonchev–Trinajstić information content (AvgIpc) is 2.46. The van der Waals surface area contributed by atoms with Crippen molar-refractivity contribution in [1.29, 1.82) is 0 Å². The normalized spacial score (nSPS) is 12.0. The van der Waals surface area contributed by atoms with E-state index in [0.29, 0.717) is 12.3 Å². The summed E-state index contributed by atoms with van der Waals surface area (Å²) in [4.78, 5) is 21.9. The Kier molecular flexibility index (Phi) is 5.21. The number of anilines is 3. The molecule has 26 heavy (non-hydrogen) atoms. The molecule has 140 valence electrons. The summed E-state index contributed by atoms with van der Waals surface area (Å²) in [7, 11) is 0. The second-order valence-corrected chi connectivity index (χ2v) is 6.64. The molecule has 2 aromatic rings. The molecule has 0 aliphatic rings. The summed E-state index contributed by atoms with van der Waals surface area (Å²) in [6.07, 6.45) is -2.98. The largest absolute Gasteiger partial charge is 0.417 e. The highest BCUT2D eigenvalue weighted by Gasteiger charge is 2.32. The fraction of sp³-hybridized carbons (Fsp3) is 0.357. The monoisotopic (exact) mass is 390 g/mol. The van der Waals surface area contributed by atoms with Crippen molar-refractivity contribution in [3.63, 3.8) is 0 Å². The minimum Gasteiger partial charge on any atom is -0.360 e. The van der Waals surface area contributed by atoms with Gasteiger partial charge in [-0.15, -0.1) is 0 Å². The zero-order valence-electron chi connectivity index (χ0n) is 13.8. The smallest absolute Gasteiger partial charge is 0.360 e. The first-order chi connectivity index (χ1) is 11.9. The van der Waals surface area contributed by atoms with Crippen molar-refractivity contribution in [2.75, 3.05) is 10.6 Å². The van der Waals surface area contributed by atoms with E-state index in [1.165, 1.54) is 0 Å². The first kappa shape index (κ1) is 19.6. The lowest BCUT2D eigenvalue weighted by Gasteiger charge is -2.21. The maximum Gasteiger partial charge on any atom is 0.417 e. The number of rotatable bonds is 4. The predicted octanol–water partition coefficient (Wildman–Crippen LogP) is 4.41. The Morgan fingerprint density at radius 2 is 1.73 bits per heavy atom. The topological polar surface area (TPSA) is 106 Å². The molecule has 0 amide bonds. The number of pyridine rings is 1. The second-order valence-electron chi connectivity index (χ2n) is 6.23. The number of hydrogen-bond donors (Lipinski definition) is 2. The highest BCUT2D eigenvalue weighted by Crippen LogP contribution is 2.36. The van der Waals surface area contributed by atoms with E-state index in [0.717, 1.165) is 6.33 Å². The number of nitrogens with zero attached hydrogens (tertiary/aromatic N) is 4. The van der Waals surface area contributed by atoms with Crippen LogP contribution < -0.4 is 10.6 Å². The van der Waals surface area contributed by atoms with Gasteiger partial charge in [-0.3, -0.25) is 10.1 Å². The van der Waals surface area contributed by atoms with Crippen molar-refractivity contribution in [3.8, 4) is 0 Å². The molecular weight excluding hydrogens is 377 g/mol. The number of hydrogen-bond acceptors (Lipinski definition) is 7. The van der Waals surface area contributed by atoms with Crippen LogP contribution in [0.25, 0.3) is 0 Å². The molecule has 0 aliphatic heterocycles. The lowest BCUT2D eigenvalue weighted by atomic mass is 10.1. The maximum atomic E-state index is 12.7. The van der Waals surface area contributed by atoms with Crippen molar-refractivity contribution in [2.45, 2.75) is 32.5 Å². The molecule has 0 bridgehead atoms. The molecule has 0 saturated carbocycles. The molecular formula is C14H14ClF3N6O2. The minimum absolute atomic E-state index is 0.0527. The Morgan fingerprint density at radius 1 is 1.12 bits per heavy atom. The molecule has 0 aromatic carbocycles. The molecule has 0 unspecified atom stereocenters. The fourth-order valence-corrected chi connectivity index (χ4v) is 2.10. The SMILES string of the molecule is CC(C)(C)Nc1ncnc(Nc2ncc(C(F)(F)F)cc2Cl)c1[N+](=O)[O-]. The van der Waals surface area contributed by atoms with Crippen molar-refractivity contribution in [1.82, 2.24) is 15.0 Å². The minimum atomic E-state index is -4.61. The number of nitro groups is 1. The van der Waals surface area contributed by atoms with E-state index in [-0.39, 0.29) is 22.5 Å². The van der Waals surface area contributed by atoms with Gasteiger partial charge in [0.1, 0.15) is 6.33 Å². The van der Waals surface area contributed by atoms with E-state index < -0.39 is 27.9 Å². The fourth-order valence-electron chi connectivity index (χ4n) is 1.89. The third-order valence-electron chi connectivity index (χ3n) is 2.90. The molecule has 8 nitrogen and oxygen atoms in total. The molecule has 12 heteroatoms. The van der Waals surface area contributed by atoms with Gasteiger partial charge in [-0.2, -0.15) is 13.2 Å². The first-order valence-corrected chi connectivity index (χ1v) is 7.53. The summed E-state index contributed by atoms with van der Waals surface area (Å²) in [6, 6.07) is 0.665. The second kappa shape index (κ2) is 6.90. The molecule has 0 radical (unpaired) electrons. The van der Waals surface area contributed by atoms with Gasteiger partial charge in [-0.25, -0.2) is 15.0 Å². The van der Waals surface area contributed by atoms with Crippen LogP contribution in [0.1, 0.15) is 26.3 Å². The maximum absolute atomic E-state index is 12.7. The molecule has 0 aliphatic carbocycles. The quantitative estimate of drug-likeness (QED) is 0.588. The van der Waals surface area contributed by atoms with Crippen LogP contribution >= 0.6 is 11.6 Å². The van der Waals surface area contributed by atoms with Gasteiger partial charge in [-0.1, -0.05) is 11.6 Å². The van der Waals surface area contributed by atoms with Gasteiger partial charge < -0.3 is 10.6 Å². The van der Waals surface area contributed by atoms with Crippen molar-refractivity contribution in [2.24, 2.45) is 0 Å². The Labute approximate surface area is 151 Å². The number of nitrogens with one attached hydrogen (secondary N) is 2. The van der Waals surface area contributed by atoms with Gasteiger partial charge in [0.2, 0.25) is 11.6 Å². The van der Waals surface area contributed by atoms with Gasteiger partial charge in [0.15, 0.2) is 5.82 Å². The van der Waals surface area contributed by atoms with E-state index in [1.807, 2.05) is 0 Å². The van der Waals surface area contributed by atoms with Crippen LogP contribution in [0, 0.1) is 10.1 Å². The van der Waals surface area contributed by atoms with Gasteiger partial charge in [0, 0.05) is 11.7 Å². The molecule has 0 fully saturated rings. The van der Waals surface area contributed by atoms with Crippen molar-refractivity contribution in [3.05, 3.63) is 39.3 Å². The van der Waals surface area contributed by atoms with Crippen molar-refractivity contribution >= 4 is 34.7 Å². The molecule has 0 saturated heterocycles. The van der Waals surface area contributed by atoms with E-state index in [1.54, 1.807) is 20.8 Å². The molecule has 2 N–H and O–H groups in total. The summed E-state index contributed by atoms with van der Waals surface area (Å²) in [5, 5.41) is 16.4. The van der Waals surface area contributed by atoms with Crippen LogP contribution in [-0.2, 0) is 6.18 Å². The van der Waals surface area contributed by atoms with Crippen LogP contribution in [0.2, 0.25) is 5.02 Å². The van der Waals surface area contributed by atoms with Gasteiger partial charge >= 0.3 is 11.9 Å². The highest BCUT2D eigenvalue weighted by molar-refractivity contribution is 6.33. The Morgan fingerprint density at radius 3 is 2.23 bits per heavy atom. The van der Waals surface area contributed by atoms with Crippen LogP contribution in [-0.4, -0.2) is 25.4 Å². The van der Waals surface area contributed by atoms with E-state index in [4.69, 9.17) is 11.6 Å². The lowest BCUT2D eigenvalue weighted by molar-refractivity contribution is -0.383. The summed E-state index contributed by atoms with van der Waals surface area (Å²) in [6.45, 7) is 5.33. The van der Waals surface area contributed by atoms with E-state index in [9.17, 15) is 23.3 Å². The Bertz CT molecular complexity index is 838. The predicted molar refractivity (Wildman–Crippen MR) is 89.6 cm³/mol. The van der Waals surface area contributed by atoms with E-state index >= 15 is 0 Å². The Balaban J connectivity index is 2.44. The molecule has 0 spiro atoms. The van der Waals surface area contributed by atoms with Gasteiger partial charge in [0.05, 0.1) is 15.5 Å². The standard InChI is InChI=1S/C14H14ClF3N6O2/c1-13(2,3)23-12-9(24(25)26)11(20-6-21-12)22-10-8(15)4-7(5-19-10)14(16,17)18/h4-6H,1-3H3,(H2,19,20,21,22,23). The lowest BCUT2D eigenvalue weighted by Crippen LogP contribution is -2.27. The zero-order chi connectivity index (χ0) is 19.7. The van der Waals surface area contributed by atoms with Crippen molar-refractivity contribution < 1.29 is 18.1 Å². The number of alkyl halides is 3. The van der Waals surface area contributed by atoms with Gasteiger partial charge in [-0.05, 0) is 26.8 Å². The number of aromatic nitrogens is 3. The summed E-state index contributed by atoms with van der Waals surface area (Å²) in [5.74, 6) is -0.517. The summed E-state index contributed by atoms with van der Waals surface area (Å²) in [5.41, 5.74) is -2.05. The van der Waals surface area contributed by atoms with Crippen LogP contribution in [0.4, 0.5) is 36.3 Å². The Hall–Kier alpha value is -2.69. The molecule has 0 atom stereocenters. The highest BCUT2D eigenvalue weighted by atomic mass is 35.5.